The molecule has 3 aromatic rings. The van der Waals surface area contributed by atoms with Crippen LogP contribution in [0.15, 0.2) is 53.2 Å². The smallest absolute Gasteiger partial charge is 0.244 e. The van der Waals surface area contributed by atoms with E-state index in [1.165, 1.54) is 0 Å². The van der Waals surface area contributed by atoms with E-state index in [2.05, 4.69) is 15.5 Å². The van der Waals surface area contributed by atoms with Gasteiger partial charge in [0.05, 0.1) is 19.2 Å². The molecular weight excluding hydrogens is 284 g/mol. The molecule has 0 bridgehead atoms. The molecule has 3 rings (SSSR count). The van der Waals surface area contributed by atoms with Gasteiger partial charge < -0.3 is 0 Å². The number of aromatic amines is 1. The zero-order valence-electron chi connectivity index (χ0n) is 11.3. The first-order valence-corrected chi connectivity index (χ1v) is 7.52. The molecule has 0 saturated carbocycles. The molecule has 0 atom stereocenters. The summed E-state index contributed by atoms with van der Waals surface area (Å²) in [7, 11) is 0. The predicted octanol–water partition coefficient (Wildman–Crippen LogP) is 2.06. The fourth-order valence-electron chi connectivity index (χ4n) is 2.06. The van der Waals surface area contributed by atoms with Gasteiger partial charge in [0.25, 0.3) is 0 Å². The molecule has 106 valence electrons. The number of fused-ring (bicyclic) bond motifs is 1. The fraction of sp³-hybridized carbons (Fsp3) is 0.133. The number of hydrazone groups is 1. The topological polar surface area (TPSA) is 61.1 Å². The van der Waals surface area contributed by atoms with Gasteiger partial charge in [-0.15, -0.1) is 11.3 Å². The Morgan fingerprint density at radius 3 is 3.10 bits per heavy atom. The zero-order valence-corrected chi connectivity index (χ0v) is 12.1. The van der Waals surface area contributed by atoms with Crippen LogP contribution >= 0.6 is 11.3 Å². The molecule has 0 aliphatic rings. The Morgan fingerprint density at radius 2 is 2.24 bits per heavy atom. The number of amides is 1. The third-order valence-electron chi connectivity index (χ3n) is 3.09. The highest BCUT2D eigenvalue weighted by molar-refractivity contribution is 7.11. The number of nitrogens with one attached hydrogen (secondary N) is 2. The second-order valence-corrected chi connectivity index (χ2v) is 5.52. The van der Waals surface area contributed by atoms with Crippen LogP contribution in [0, 0.1) is 0 Å². The highest BCUT2D eigenvalue weighted by Crippen LogP contribution is 2.06. The second-order valence-electron chi connectivity index (χ2n) is 4.54. The lowest BCUT2D eigenvalue weighted by molar-refractivity contribution is -0.670. The van der Waals surface area contributed by atoms with Crippen molar-refractivity contribution >= 4 is 34.5 Å². The van der Waals surface area contributed by atoms with Gasteiger partial charge in [-0.3, -0.25) is 4.79 Å². The van der Waals surface area contributed by atoms with Crippen molar-refractivity contribution in [1.29, 1.82) is 0 Å². The lowest BCUT2D eigenvalue weighted by Crippen LogP contribution is -2.34. The minimum absolute atomic E-state index is 0.0967. The molecule has 0 spiro atoms. The summed E-state index contributed by atoms with van der Waals surface area (Å²) in [4.78, 5) is 15.9. The van der Waals surface area contributed by atoms with Crippen LogP contribution in [0.25, 0.3) is 11.0 Å². The van der Waals surface area contributed by atoms with Gasteiger partial charge in [-0.2, -0.15) is 5.10 Å². The van der Waals surface area contributed by atoms with Crippen LogP contribution in [0.1, 0.15) is 11.3 Å². The molecule has 2 N–H and O–H groups in total. The molecule has 0 unspecified atom stereocenters. The largest absolute Gasteiger partial charge is 0.273 e. The molecule has 21 heavy (non-hydrogen) atoms. The number of benzene rings is 1. The van der Waals surface area contributed by atoms with E-state index in [9.17, 15) is 4.79 Å². The van der Waals surface area contributed by atoms with Crippen molar-refractivity contribution in [3.05, 3.63) is 53.0 Å². The average Bonchev–Trinajstić information content (AvgIpc) is 3.14. The molecule has 2 heterocycles. The van der Waals surface area contributed by atoms with Crippen molar-refractivity contribution in [2.45, 2.75) is 13.0 Å². The molecular formula is C15H15N4OS+. The maximum absolute atomic E-state index is 11.8. The Kier molecular flexibility index (Phi) is 4.07. The number of thiophene rings is 1. The molecule has 0 fully saturated rings. The van der Waals surface area contributed by atoms with E-state index in [0.717, 1.165) is 15.9 Å². The summed E-state index contributed by atoms with van der Waals surface area (Å²) in [5.41, 5.74) is 4.70. The first-order chi connectivity index (χ1) is 10.3. The van der Waals surface area contributed by atoms with Gasteiger partial charge in [-0.05, 0) is 23.6 Å². The Bertz CT molecular complexity index is 761. The number of rotatable bonds is 5. The van der Waals surface area contributed by atoms with E-state index in [1.54, 1.807) is 17.6 Å². The van der Waals surface area contributed by atoms with Crippen molar-refractivity contribution in [3.8, 4) is 0 Å². The molecule has 0 aliphatic carbocycles. The number of imidazole rings is 1. The Hall–Kier alpha value is -2.47. The summed E-state index contributed by atoms with van der Waals surface area (Å²) in [6.07, 6.45) is 3.92. The Morgan fingerprint density at radius 1 is 1.33 bits per heavy atom. The lowest BCUT2D eigenvalue weighted by atomic mass is 10.3. The van der Waals surface area contributed by atoms with Crippen LogP contribution in [-0.4, -0.2) is 17.1 Å². The van der Waals surface area contributed by atoms with Gasteiger partial charge in [0.2, 0.25) is 12.2 Å². The van der Waals surface area contributed by atoms with Crippen LogP contribution < -0.4 is 9.99 Å². The summed E-state index contributed by atoms with van der Waals surface area (Å²) in [5.74, 6) is -0.0967. The predicted molar refractivity (Wildman–Crippen MR) is 83.2 cm³/mol. The minimum Gasteiger partial charge on any atom is -0.273 e. The average molecular weight is 299 g/mol. The highest BCUT2D eigenvalue weighted by atomic mass is 32.1. The summed E-state index contributed by atoms with van der Waals surface area (Å²) in [6, 6.07) is 11.9. The quantitative estimate of drug-likeness (QED) is 0.423. The first kappa shape index (κ1) is 13.5. The molecule has 5 nitrogen and oxygen atoms in total. The van der Waals surface area contributed by atoms with Crippen LogP contribution in [0.4, 0.5) is 0 Å². The summed E-state index contributed by atoms with van der Waals surface area (Å²) >= 11 is 1.58. The number of hydrogen-bond donors (Lipinski definition) is 2. The van der Waals surface area contributed by atoms with E-state index in [4.69, 9.17) is 0 Å². The van der Waals surface area contributed by atoms with E-state index < -0.39 is 0 Å². The third-order valence-corrected chi connectivity index (χ3v) is 3.90. The third kappa shape index (κ3) is 3.35. The molecule has 6 heteroatoms. The maximum Gasteiger partial charge on any atom is 0.244 e. The van der Waals surface area contributed by atoms with Crippen molar-refractivity contribution in [1.82, 2.24) is 10.4 Å². The van der Waals surface area contributed by atoms with Crippen molar-refractivity contribution in [3.63, 3.8) is 0 Å². The SMILES string of the molecule is O=C(CC[n+]1c[nH]c2ccccc21)NN=Cc1cccs1. The summed E-state index contributed by atoms with van der Waals surface area (Å²) in [5, 5.41) is 5.91. The number of nitrogens with zero attached hydrogens (tertiary/aromatic N) is 2. The number of aryl methyl sites for hydroxylation is 1. The van der Waals surface area contributed by atoms with Gasteiger partial charge >= 0.3 is 0 Å². The van der Waals surface area contributed by atoms with Gasteiger partial charge in [-0.1, -0.05) is 18.2 Å². The molecule has 1 amide bonds. The van der Waals surface area contributed by atoms with Gasteiger partial charge in [0, 0.05) is 4.88 Å². The normalized spacial score (nSPS) is 11.2. The molecule has 0 radical (unpaired) electrons. The number of hydrogen-bond acceptors (Lipinski definition) is 3. The molecule has 2 aromatic heterocycles. The zero-order chi connectivity index (χ0) is 14.5. The standard InChI is InChI=1S/C15H14N4OS/c20-15(18-17-10-12-4-3-9-21-12)7-8-19-11-16-13-5-1-2-6-14(13)19/h1-6,9-11H,7-8H2,(H,18,20)/p+1. The number of carbonyl (C=O) groups is 1. The van der Waals surface area contributed by atoms with Gasteiger partial charge in [-0.25, -0.2) is 15.0 Å². The fourth-order valence-corrected chi connectivity index (χ4v) is 2.64. The Labute approximate surface area is 125 Å². The lowest BCUT2D eigenvalue weighted by Gasteiger charge is -1.98. The molecule has 0 saturated heterocycles. The molecule has 1 aromatic carbocycles. The van der Waals surface area contributed by atoms with Crippen molar-refractivity contribution < 1.29 is 9.36 Å². The Balaban J connectivity index is 1.54. The number of para-hydroxylation sites is 2. The number of aromatic nitrogens is 2. The van der Waals surface area contributed by atoms with E-state index in [0.29, 0.717) is 13.0 Å². The summed E-state index contributed by atoms with van der Waals surface area (Å²) < 4.78 is 2.03. The van der Waals surface area contributed by atoms with E-state index >= 15 is 0 Å². The van der Waals surface area contributed by atoms with Crippen LogP contribution in [0.2, 0.25) is 0 Å². The first-order valence-electron chi connectivity index (χ1n) is 6.64. The monoisotopic (exact) mass is 299 g/mol. The number of carbonyl (C=O) groups excluding carboxylic acids is 1. The van der Waals surface area contributed by atoms with Gasteiger partial charge in [0.1, 0.15) is 0 Å². The highest BCUT2D eigenvalue weighted by Gasteiger charge is 2.10. The van der Waals surface area contributed by atoms with Gasteiger partial charge in [0.15, 0.2) is 11.0 Å². The molecule has 0 aliphatic heterocycles. The van der Waals surface area contributed by atoms with E-state index in [1.807, 2.05) is 52.7 Å². The minimum atomic E-state index is -0.0967. The van der Waals surface area contributed by atoms with Crippen molar-refractivity contribution in [2.75, 3.05) is 0 Å². The van der Waals surface area contributed by atoms with Crippen LogP contribution in [-0.2, 0) is 11.3 Å². The summed E-state index contributed by atoms with van der Waals surface area (Å²) in [6.45, 7) is 0.615. The van der Waals surface area contributed by atoms with Crippen LogP contribution in [0.5, 0.6) is 0 Å². The van der Waals surface area contributed by atoms with E-state index in [-0.39, 0.29) is 5.91 Å². The number of H-pyrrole nitrogens is 1. The second kappa shape index (κ2) is 6.32. The van der Waals surface area contributed by atoms with Crippen molar-refractivity contribution in [2.24, 2.45) is 5.10 Å². The van der Waals surface area contributed by atoms with Crippen LogP contribution in [0.3, 0.4) is 0 Å². The maximum atomic E-state index is 11.8.